The van der Waals surface area contributed by atoms with Gasteiger partial charge in [0.05, 0.1) is 17.0 Å². The fraction of sp³-hybridized carbons (Fsp3) is 0.478. The van der Waals surface area contributed by atoms with Crippen molar-refractivity contribution < 1.29 is 27.9 Å². The summed E-state index contributed by atoms with van der Waals surface area (Å²) in [5, 5.41) is 14.1. The number of nitrogens with zero attached hydrogens (tertiary/aromatic N) is 3. The number of nitrogens with one attached hydrogen (secondary N) is 1. The highest BCUT2D eigenvalue weighted by molar-refractivity contribution is 7.89. The highest BCUT2D eigenvalue weighted by Crippen LogP contribution is 2.30. The molecule has 1 aliphatic heterocycles. The quantitative estimate of drug-likeness (QED) is 0.546. The van der Waals surface area contributed by atoms with Gasteiger partial charge in [0.2, 0.25) is 21.8 Å². The van der Waals surface area contributed by atoms with E-state index in [0.29, 0.717) is 17.5 Å². The number of piperazine rings is 1. The number of hydrogen-bond acceptors (Lipinski definition) is 7. The summed E-state index contributed by atoms with van der Waals surface area (Å²) in [6.07, 6.45) is 7.53. The molecular formula is C23H28N4O6S2. The predicted octanol–water partition coefficient (Wildman–Crippen LogP) is 2.65. The molecule has 12 heteroatoms. The minimum absolute atomic E-state index is 0.0263. The fourth-order valence-electron chi connectivity index (χ4n) is 4.71. The molecule has 2 heterocycles. The van der Waals surface area contributed by atoms with Gasteiger partial charge >= 0.3 is 5.97 Å². The van der Waals surface area contributed by atoms with E-state index >= 15 is 0 Å². The first-order chi connectivity index (χ1) is 16.8. The molecule has 2 aliphatic rings. The first kappa shape index (κ1) is 25.3. The van der Waals surface area contributed by atoms with E-state index < -0.39 is 27.9 Å². The minimum Gasteiger partial charge on any atom is -0.478 e. The number of hydrogen-bond donors (Lipinski definition) is 2. The fourth-order valence-corrected chi connectivity index (χ4v) is 6.62. The van der Waals surface area contributed by atoms with Crippen molar-refractivity contribution >= 4 is 44.3 Å². The van der Waals surface area contributed by atoms with Crippen molar-refractivity contribution in [3.8, 4) is 0 Å². The zero-order valence-corrected chi connectivity index (χ0v) is 20.8. The summed E-state index contributed by atoms with van der Waals surface area (Å²) >= 11 is 1.30. The van der Waals surface area contributed by atoms with Crippen molar-refractivity contribution in [2.24, 2.45) is 5.92 Å². The number of rotatable bonds is 8. The van der Waals surface area contributed by atoms with E-state index in [0.717, 1.165) is 30.0 Å². The molecule has 0 spiro atoms. The largest absolute Gasteiger partial charge is 0.478 e. The third-order valence-corrected chi connectivity index (χ3v) is 9.13. The predicted molar refractivity (Wildman–Crippen MR) is 130 cm³/mol. The van der Waals surface area contributed by atoms with Crippen molar-refractivity contribution in [1.29, 1.82) is 0 Å². The van der Waals surface area contributed by atoms with E-state index in [1.54, 1.807) is 11.6 Å². The van der Waals surface area contributed by atoms with Crippen molar-refractivity contribution in [3.05, 3.63) is 41.4 Å². The molecule has 2 amide bonds. The van der Waals surface area contributed by atoms with E-state index in [9.17, 15) is 22.8 Å². The van der Waals surface area contributed by atoms with Crippen molar-refractivity contribution in [2.75, 3.05) is 25.0 Å². The van der Waals surface area contributed by atoms with E-state index in [-0.39, 0.29) is 36.0 Å². The number of sulfonamides is 1. The van der Waals surface area contributed by atoms with Gasteiger partial charge in [-0.2, -0.15) is 4.31 Å². The molecule has 10 nitrogen and oxygen atoms in total. The van der Waals surface area contributed by atoms with E-state index in [1.807, 2.05) is 0 Å². The molecular weight excluding hydrogens is 492 g/mol. The maximum Gasteiger partial charge on any atom is 0.335 e. The van der Waals surface area contributed by atoms with Gasteiger partial charge in [0.1, 0.15) is 6.04 Å². The molecule has 188 valence electrons. The Kier molecular flexibility index (Phi) is 7.82. The molecule has 2 fully saturated rings. The highest BCUT2D eigenvalue weighted by atomic mass is 32.2. The van der Waals surface area contributed by atoms with Crippen molar-refractivity contribution in [2.45, 2.75) is 49.5 Å². The van der Waals surface area contributed by atoms with E-state index in [1.165, 1.54) is 46.9 Å². The molecule has 1 aliphatic carbocycles. The number of thiazole rings is 1. The average Bonchev–Trinajstić information content (AvgIpc) is 3.36. The Hall–Kier alpha value is -2.83. The standard InChI is InChI=1S/C23H28N4O6S2/c28-20-15-26(35(32,33)18-8-6-17(7-9-18)22(30)31)11-12-27(20)19(14-16-4-2-1-3-5-16)21(29)25-23-24-10-13-34-23/h6-10,13,16,19H,1-5,11-12,14-15H2,(H,30,31)(H,24,25,29)/t19-/m0/s1. The number of aromatic nitrogens is 1. The first-order valence-corrected chi connectivity index (χ1v) is 13.9. The molecule has 1 saturated heterocycles. The molecule has 1 aromatic carbocycles. The van der Waals surface area contributed by atoms with Crippen LogP contribution in [0.1, 0.15) is 48.9 Å². The van der Waals surface area contributed by atoms with Crippen LogP contribution in [0.5, 0.6) is 0 Å². The van der Waals surface area contributed by atoms with Gasteiger partial charge in [0.15, 0.2) is 5.13 Å². The summed E-state index contributed by atoms with van der Waals surface area (Å²) in [6.45, 7) is -0.247. The van der Waals surface area contributed by atoms with Gasteiger partial charge in [0.25, 0.3) is 0 Å². The molecule has 0 radical (unpaired) electrons. The van der Waals surface area contributed by atoms with Crippen LogP contribution in [0, 0.1) is 5.92 Å². The molecule has 1 aromatic heterocycles. The van der Waals surface area contributed by atoms with Crippen molar-refractivity contribution in [1.82, 2.24) is 14.2 Å². The minimum atomic E-state index is -3.99. The normalized spacial score (nSPS) is 18.9. The van der Waals surface area contributed by atoms with Gasteiger partial charge < -0.3 is 15.3 Å². The van der Waals surface area contributed by atoms with Crippen LogP contribution < -0.4 is 5.32 Å². The Labute approximate surface area is 208 Å². The van der Waals surface area contributed by atoms with E-state index in [2.05, 4.69) is 10.3 Å². The molecule has 35 heavy (non-hydrogen) atoms. The number of benzene rings is 1. The van der Waals surface area contributed by atoms with Crippen LogP contribution in [0.25, 0.3) is 0 Å². The highest BCUT2D eigenvalue weighted by Gasteiger charge is 2.39. The number of carboxylic acid groups (broad SMARTS) is 1. The number of amides is 2. The SMILES string of the molecule is O=C(O)c1ccc(S(=O)(=O)N2CCN([C@@H](CC3CCCCC3)C(=O)Nc3nccs3)C(=O)C2)cc1. The maximum absolute atomic E-state index is 13.2. The topological polar surface area (TPSA) is 137 Å². The van der Waals surface area contributed by atoms with Gasteiger partial charge in [0, 0.05) is 24.7 Å². The summed E-state index contributed by atoms with van der Waals surface area (Å²) in [5.41, 5.74) is -0.0263. The van der Waals surface area contributed by atoms with Gasteiger partial charge in [-0.15, -0.1) is 11.3 Å². The smallest absolute Gasteiger partial charge is 0.335 e. The summed E-state index contributed by atoms with van der Waals surface area (Å²) < 4.78 is 27.2. The molecule has 0 unspecified atom stereocenters. The maximum atomic E-state index is 13.2. The lowest BCUT2D eigenvalue weighted by atomic mass is 9.84. The van der Waals surface area contributed by atoms with Crippen LogP contribution in [0.15, 0.2) is 40.7 Å². The molecule has 2 aromatic rings. The van der Waals surface area contributed by atoms with Crippen LogP contribution in [0.2, 0.25) is 0 Å². The third-order valence-electron chi connectivity index (χ3n) is 6.58. The summed E-state index contributed by atoms with van der Waals surface area (Å²) in [4.78, 5) is 42.9. The van der Waals surface area contributed by atoms with Crippen LogP contribution in [0.4, 0.5) is 5.13 Å². The van der Waals surface area contributed by atoms with Gasteiger partial charge in [-0.1, -0.05) is 32.1 Å². The summed E-state index contributed by atoms with van der Waals surface area (Å²) in [7, 11) is -3.99. The second kappa shape index (κ2) is 10.8. The lowest BCUT2D eigenvalue weighted by molar-refractivity contribution is -0.142. The number of aromatic carboxylic acids is 1. The third kappa shape index (κ3) is 5.88. The Morgan fingerprint density at radius 2 is 1.86 bits per heavy atom. The second-order valence-electron chi connectivity index (χ2n) is 8.84. The van der Waals surface area contributed by atoms with Crippen LogP contribution in [-0.2, 0) is 19.6 Å². The number of carboxylic acids is 1. The zero-order valence-electron chi connectivity index (χ0n) is 19.1. The molecule has 2 N–H and O–H groups in total. The Morgan fingerprint density at radius 1 is 1.14 bits per heavy atom. The Morgan fingerprint density at radius 3 is 2.46 bits per heavy atom. The lowest BCUT2D eigenvalue weighted by Crippen LogP contribution is -2.58. The average molecular weight is 521 g/mol. The monoisotopic (exact) mass is 520 g/mol. The lowest BCUT2D eigenvalue weighted by Gasteiger charge is -2.39. The number of carbonyl (C=O) groups is 3. The molecule has 1 saturated carbocycles. The summed E-state index contributed by atoms with van der Waals surface area (Å²) in [6, 6.07) is 4.19. The zero-order chi connectivity index (χ0) is 25.0. The van der Waals surface area contributed by atoms with Gasteiger partial charge in [-0.25, -0.2) is 18.2 Å². The van der Waals surface area contributed by atoms with Crippen molar-refractivity contribution in [3.63, 3.8) is 0 Å². The first-order valence-electron chi connectivity index (χ1n) is 11.6. The van der Waals surface area contributed by atoms with Crippen LogP contribution in [0.3, 0.4) is 0 Å². The van der Waals surface area contributed by atoms with Gasteiger partial charge in [-0.3, -0.25) is 9.59 Å². The summed E-state index contributed by atoms with van der Waals surface area (Å²) in [5.74, 6) is -1.56. The molecule has 4 rings (SSSR count). The Balaban J connectivity index is 1.49. The van der Waals surface area contributed by atoms with E-state index in [4.69, 9.17) is 5.11 Å². The van der Waals surface area contributed by atoms with Gasteiger partial charge in [-0.05, 0) is 36.6 Å². The molecule has 0 bridgehead atoms. The second-order valence-corrected chi connectivity index (χ2v) is 11.7. The number of anilines is 1. The van der Waals surface area contributed by atoms with Crippen LogP contribution in [-0.4, -0.2) is 71.2 Å². The Bertz CT molecular complexity index is 1160. The number of carbonyl (C=O) groups excluding carboxylic acids is 2. The molecule has 1 atom stereocenters. The van der Waals surface area contributed by atoms with Crippen LogP contribution >= 0.6 is 11.3 Å².